The van der Waals surface area contributed by atoms with E-state index in [1.165, 1.54) is 58.8 Å². The Hall–Kier alpha value is -1.44. The van der Waals surface area contributed by atoms with E-state index in [0.29, 0.717) is 11.1 Å². The zero-order chi connectivity index (χ0) is 17.7. The lowest BCUT2D eigenvalue weighted by Gasteiger charge is -2.13. The minimum atomic E-state index is -0.0687. The molecule has 0 saturated heterocycles. The first-order chi connectivity index (χ1) is 11.0. The van der Waals surface area contributed by atoms with Crippen molar-refractivity contribution in [1.29, 1.82) is 0 Å². The molecule has 1 aliphatic carbocycles. The molecular weight excluding hydrogens is 284 g/mol. The van der Waals surface area contributed by atoms with Crippen molar-refractivity contribution in [2.75, 3.05) is 0 Å². The summed E-state index contributed by atoms with van der Waals surface area (Å²) in [7, 11) is 0. The van der Waals surface area contributed by atoms with Gasteiger partial charge in [-0.2, -0.15) is 0 Å². The quantitative estimate of drug-likeness (QED) is 0.584. The lowest BCUT2D eigenvalue weighted by molar-refractivity contribution is 0.0981. The molecule has 0 aromatic heterocycles. The molecular formula is C21H34O2. The van der Waals surface area contributed by atoms with Crippen LogP contribution in [0.4, 0.5) is 0 Å². The Morgan fingerprint density at radius 1 is 0.783 bits per heavy atom. The van der Waals surface area contributed by atoms with E-state index < -0.39 is 0 Å². The van der Waals surface area contributed by atoms with Gasteiger partial charge in [0.15, 0.2) is 11.6 Å². The number of benzene rings is 1. The summed E-state index contributed by atoms with van der Waals surface area (Å²) in [6.07, 6.45) is 10.4. The minimum Gasteiger partial charge on any atom is -0.294 e. The molecule has 2 nitrogen and oxygen atoms in total. The van der Waals surface area contributed by atoms with Crippen LogP contribution in [0.1, 0.15) is 100 Å². The second-order valence-corrected chi connectivity index (χ2v) is 6.11. The Kier molecular flexibility index (Phi) is 12.2. The van der Waals surface area contributed by atoms with Gasteiger partial charge in [0.1, 0.15) is 0 Å². The fourth-order valence-corrected chi connectivity index (χ4v) is 2.76. The molecule has 0 aliphatic heterocycles. The highest BCUT2D eigenvalue weighted by Crippen LogP contribution is 2.20. The lowest BCUT2D eigenvalue weighted by Crippen LogP contribution is -2.02. The first-order valence-corrected chi connectivity index (χ1v) is 9.13. The standard InChI is InChI=1S/C10H10O2.C9H18.C2H6/c1-7(11)9-5-3-4-6-10(9)8(2)12;1-9-7-5-3-2-4-6-8-9;1-2/h3-6H,1-2H3;9H,2-8H2,1H3;1-2H3. The van der Waals surface area contributed by atoms with Crippen LogP contribution in [0.25, 0.3) is 0 Å². The summed E-state index contributed by atoms with van der Waals surface area (Å²) in [6, 6.07) is 6.84. The highest BCUT2D eigenvalue weighted by molar-refractivity contribution is 6.07. The average Bonchev–Trinajstić information content (AvgIpc) is 2.53. The van der Waals surface area contributed by atoms with Crippen LogP contribution in [0, 0.1) is 5.92 Å². The molecule has 2 rings (SSSR count). The maximum atomic E-state index is 11.0. The number of ketones is 2. The molecule has 0 atom stereocenters. The Morgan fingerprint density at radius 3 is 1.48 bits per heavy atom. The number of rotatable bonds is 2. The largest absolute Gasteiger partial charge is 0.294 e. The molecule has 1 saturated carbocycles. The Balaban J connectivity index is 0.000000392. The van der Waals surface area contributed by atoms with Crippen molar-refractivity contribution in [1.82, 2.24) is 0 Å². The van der Waals surface area contributed by atoms with Gasteiger partial charge in [0.05, 0.1) is 0 Å². The maximum Gasteiger partial charge on any atom is 0.160 e. The van der Waals surface area contributed by atoms with Gasteiger partial charge in [-0.3, -0.25) is 9.59 Å². The first kappa shape index (κ1) is 21.6. The van der Waals surface area contributed by atoms with Crippen LogP contribution in [0.15, 0.2) is 24.3 Å². The molecule has 0 bridgehead atoms. The zero-order valence-corrected chi connectivity index (χ0v) is 15.7. The molecule has 0 amide bonds. The van der Waals surface area contributed by atoms with Crippen LogP contribution < -0.4 is 0 Å². The molecule has 0 heterocycles. The van der Waals surface area contributed by atoms with Gasteiger partial charge in [-0.1, -0.05) is 90.0 Å². The fourth-order valence-electron chi connectivity index (χ4n) is 2.76. The van der Waals surface area contributed by atoms with E-state index in [1.54, 1.807) is 24.3 Å². The molecule has 130 valence electrons. The topological polar surface area (TPSA) is 34.1 Å². The third-order valence-electron chi connectivity index (χ3n) is 4.08. The van der Waals surface area contributed by atoms with Crippen LogP contribution in [0.3, 0.4) is 0 Å². The molecule has 23 heavy (non-hydrogen) atoms. The van der Waals surface area contributed by atoms with E-state index in [4.69, 9.17) is 0 Å². The van der Waals surface area contributed by atoms with Crippen molar-refractivity contribution < 1.29 is 9.59 Å². The van der Waals surface area contributed by atoms with Gasteiger partial charge in [0.25, 0.3) is 0 Å². The summed E-state index contributed by atoms with van der Waals surface area (Å²) in [5.74, 6) is 0.881. The van der Waals surface area contributed by atoms with Crippen molar-refractivity contribution in [2.45, 2.75) is 79.6 Å². The Bertz CT molecular complexity index is 422. The smallest absolute Gasteiger partial charge is 0.160 e. The van der Waals surface area contributed by atoms with Gasteiger partial charge in [0.2, 0.25) is 0 Å². The number of carbonyl (C=O) groups excluding carboxylic acids is 2. The van der Waals surface area contributed by atoms with Crippen molar-refractivity contribution in [3.05, 3.63) is 35.4 Å². The van der Waals surface area contributed by atoms with Crippen LogP contribution in [0.2, 0.25) is 0 Å². The number of hydrogen-bond acceptors (Lipinski definition) is 2. The monoisotopic (exact) mass is 318 g/mol. The molecule has 1 aromatic carbocycles. The number of hydrogen-bond donors (Lipinski definition) is 0. The summed E-state index contributed by atoms with van der Waals surface area (Å²) in [4.78, 5) is 22.0. The molecule has 1 fully saturated rings. The molecule has 1 aromatic rings. The molecule has 1 aliphatic rings. The average molecular weight is 319 g/mol. The second-order valence-electron chi connectivity index (χ2n) is 6.11. The summed E-state index contributed by atoms with van der Waals surface area (Å²) < 4.78 is 0. The van der Waals surface area contributed by atoms with Gasteiger partial charge >= 0.3 is 0 Å². The van der Waals surface area contributed by atoms with E-state index in [0.717, 1.165) is 5.92 Å². The molecule has 0 N–H and O–H groups in total. The highest BCUT2D eigenvalue weighted by Gasteiger charge is 2.08. The maximum absolute atomic E-state index is 11.0. The lowest BCUT2D eigenvalue weighted by atomic mass is 9.93. The number of carbonyl (C=O) groups is 2. The van der Waals surface area contributed by atoms with Crippen molar-refractivity contribution in [3.8, 4) is 0 Å². The van der Waals surface area contributed by atoms with Gasteiger partial charge < -0.3 is 0 Å². The van der Waals surface area contributed by atoms with Crippen LogP contribution in [0.5, 0.6) is 0 Å². The second kappa shape index (κ2) is 13.0. The van der Waals surface area contributed by atoms with Crippen molar-refractivity contribution in [2.24, 2.45) is 5.92 Å². The predicted molar refractivity (Wildman–Crippen MR) is 99.3 cm³/mol. The SMILES string of the molecule is CC.CC(=O)c1ccccc1C(C)=O.CC1CCCCCCC1. The Labute approximate surface area is 142 Å². The summed E-state index contributed by atoms with van der Waals surface area (Å²) in [6.45, 7) is 9.31. The summed E-state index contributed by atoms with van der Waals surface area (Å²) in [5, 5.41) is 0. The van der Waals surface area contributed by atoms with E-state index >= 15 is 0 Å². The third-order valence-corrected chi connectivity index (χ3v) is 4.08. The molecule has 0 radical (unpaired) electrons. The van der Waals surface area contributed by atoms with E-state index in [1.807, 2.05) is 13.8 Å². The molecule has 0 spiro atoms. The van der Waals surface area contributed by atoms with Gasteiger partial charge in [-0.05, 0) is 19.8 Å². The van der Waals surface area contributed by atoms with Gasteiger partial charge in [-0.25, -0.2) is 0 Å². The van der Waals surface area contributed by atoms with Gasteiger partial charge in [-0.15, -0.1) is 0 Å². The van der Waals surface area contributed by atoms with Crippen LogP contribution >= 0.6 is 0 Å². The fraction of sp³-hybridized carbons (Fsp3) is 0.619. The van der Waals surface area contributed by atoms with E-state index in [9.17, 15) is 9.59 Å². The van der Waals surface area contributed by atoms with Crippen LogP contribution in [-0.2, 0) is 0 Å². The highest BCUT2D eigenvalue weighted by atomic mass is 16.1. The zero-order valence-electron chi connectivity index (χ0n) is 15.7. The van der Waals surface area contributed by atoms with Crippen LogP contribution in [-0.4, -0.2) is 11.6 Å². The Morgan fingerprint density at radius 2 is 1.13 bits per heavy atom. The summed E-state index contributed by atoms with van der Waals surface area (Å²) >= 11 is 0. The van der Waals surface area contributed by atoms with E-state index in [-0.39, 0.29) is 11.6 Å². The van der Waals surface area contributed by atoms with E-state index in [2.05, 4.69) is 6.92 Å². The third kappa shape index (κ3) is 9.32. The normalized spacial score (nSPS) is 15.0. The molecule has 0 unspecified atom stereocenters. The predicted octanol–water partition coefficient (Wildman–Crippen LogP) is 6.48. The first-order valence-electron chi connectivity index (χ1n) is 9.13. The van der Waals surface area contributed by atoms with Crippen molar-refractivity contribution >= 4 is 11.6 Å². The van der Waals surface area contributed by atoms with Gasteiger partial charge in [0, 0.05) is 11.1 Å². The minimum absolute atomic E-state index is 0.0687. The number of Topliss-reactive ketones (excluding diaryl/α,β-unsaturated/α-hetero) is 2. The summed E-state index contributed by atoms with van der Waals surface area (Å²) in [5.41, 5.74) is 1.01. The van der Waals surface area contributed by atoms with Crippen molar-refractivity contribution in [3.63, 3.8) is 0 Å². The molecule has 2 heteroatoms.